The van der Waals surface area contributed by atoms with Gasteiger partial charge in [0.2, 0.25) is 0 Å². The fourth-order valence-electron chi connectivity index (χ4n) is 7.65. The van der Waals surface area contributed by atoms with Gasteiger partial charge in [0.15, 0.2) is 0 Å². The van der Waals surface area contributed by atoms with Crippen LogP contribution in [-0.2, 0) is 0 Å². The Bertz CT molecular complexity index is 2550. The number of fused-ring (bicyclic) bond motifs is 5. The molecule has 1 heteroatoms. The number of rotatable bonds is 2. The summed E-state index contributed by atoms with van der Waals surface area (Å²) in [4.78, 5) is 0. The number of hydrogen-bond donors (Lipinski definition) is 0. The molecule has 0 fully saturated rings. The van der Waals surface area contributed by atoms with Crippen LogP contribution < -0.4 is 0 Å². The van der Waals surface area contributed by atoms with Gasteiger partial charge in [0, 0.05) is 16.2 Å². The first-order valence-electron chi connectivity index (χ1n) is 14.9. The molecule has 0 N–H and O–H groups in total. The van der Waals surface area contributed by atoms with Crippen molar-refractivity contribution in [2.24, 2.45) is 0 Å². The second-order valence-electron chi connectivity index (χ2n) is 11.6. The lowest BCUT2D eigenvalue weighted by Gasteiger charge is -2.18. The van der Waals surface area contributed by atoms with Crippen LogP contribution in [0, 0.1) is 0 Å². The van der Waals surface area contributed by atoms with Crippen molar-refractivity contribution < 1.29 is 4.42 Å². The Labute approximate surface area is 248 Å². The third-order valence-electron chi connectivity index (χ3n) is 9.37. The quantitative estimate of drug-likeness (QED) is 0.197. The molecule has 0 spiro atoms. The summed E-state index contributed by atoms with van der Waals surface area (Å²) in [5, 5.41) is 9.95. The normalized spacial score (nSPS) is 12.2. The minimum atomic E-state index is 0.932. The Morgan fingerprint density at radius 2 is 0.907 bits per heavy atom. The Hall–Kier alpha value is -5.66. The van der Waals surface area contributed by atoms with Gasteiger partial charge in [-0.25, -0.2) is 0 Å². The molecule has 1 nitrogen and oxygen atoms in total. The Morgan fingerprint density at radius 3 is 1.60 bits per heavy atom. The summed E-state index contributed by atoms with van der Waals surface area (Å²) in [6.45, 7) is 0. The third kappa shape index (κ3) is 3.06. The molecule has 198 valence electrons. The van der Waals surface area contributed by atoms with Gasteiger partial charge in [0.1, 0.15) is 11.2 Å². The molecule has 1 aliphatic rings. The smallest absolute Gasteiger partial charge is 0.136 e. The molecule has 10 rings (SSSR count). The molecule has 0 saturated carbocycles. The van der Waals surface area contributed by atoms with Crippen LogP contribution in [0.15, 0.2) is 150 Å². The molecule has 0 aliphatic heterocycles. The zero-order chi connectivity index (χ0) is 28.1. The molecule has 0 radical (unpaired) electrons. The van der Waals surface area contributed by atoms with Gasteiger partial charge in [0.05, 0.1) is 0 Å². The first-order chi connectivity index (χ1) is 21.3. The second-order valence-corrected chi connectivity index (χ2v) is 11.6. The molecule has 0 saturated heterocycles. The van der Waals surface area contributed by atoms with Gasteiger partial charge in [-0.15, -0.1) is 0 Å². The largest absolute Gasteiger partial charge is 0.456 e. The van der Waals surface area contributed by atoms with Crippen molar-refractivity contribution in [2.45, 2.75) is 0 Å². The average Bonchev–Trinajstić information content (AvgIpc) is 3.40. The first kappa shape index (κ1) is 23.0. The maximum Gasteiger partial charge on any atom is 0.136 e. The van der Waals surface area contributed by atoms with Crippen molar-refractivity contribution >= 4 is 54.3 Å². The van der Waals surface area contributed by atoms with Crippen molar-refractivity contribution in [2.75, 3.05) is 0 Å². The van der Waals surface area contributed by atoms with Crippen LogP contribution in [0.4, 0.5) is 0 Å². The summed E-state index contributed by atoms with van der Waals surface area (Å²) in [5.41, 5.74) is 11.8. The van der Waals surface area contributed by atoms with Crippen LogP contribution >= 0.6 is 0 Å². The number of benzene rings is 8. The molecule has 0 atom stereocenters. The highest BCUT2D eigenvalue weighted by molar-refractivity contribution is 6.30. The van der Waals surface area contributed by atoms with Crippen molar-refractivity contribution in [3.8, 4) is 44.5 Å². The van der Waals surface area contributed by atoms with E-state index in [0.717, 1.165) is 11.2 Å². The topological polar surface area (TPSA) is 13.1 Å². The molecule has 43 heavy (non-hydrogen) atoms. The molecule has 1 heterocycles. The van der Waals surface area contributed by atoms with E-state index in [1.165, 1.54) is 87.6 Å². The standard InChI is InChI=1S/C42H24O/c1-2-11-25(12-3-1)38-31-16-6-8-18-33(31)39(34-19-9-7-17-32(34)38)27-23-35-29-15-5-4-14-28(29)30-20-10-13-26-21-22-36-42(40(26)30)41(35)37(24-27)43-36/h1-24H. The SMILES string of the molecule is c1ccc(-c2c3ccccc3c(-c3cc4c5c(c3)oc3ccc6cccc(c6c35)-c3ccccc3-4)c3ccccc23)cc1. The Morgan fingerprint density at radius 1 is 0.326 bits per heavy atom. The van der Waals surface area contributed by atoms with Crippen molar-refractivity contribution in [3.63, 3.8) is 0 Å². The van der Waals surface area contributed by atoms with E-state index in [1.54, 1.807) is 0 Å². The van der Waals surface area contributed by atoms with E-state index in [0.29, 0.717) is 0 Å². The van der Waals surface area contributed by atoms with Gasteiger partial charge in [-0.05, 0) is 89.6 Å². The van der Waals surface area contributed by atoms with Crippen LogP contribution in [0.1, 0.15) is 0 Å². The van der Waals surface area contributed by atoms with E-state index in [9.17, 15) is 0 Å². The average molecular weight is 545 g/mol. The summed E-state index contributed by atoms with van der Waals surface area (Å²) >= 11 is 0. The lowest BCUT2D eigenvalue weighted by Crippen LogP contribution is -1.91. The summed E-state index contributed by atoms with van der Waals surface area (Å²) in [6, 6.07) is 53.0. The minimum absolute atomic E-state index is 0.932. The fourth-order valence-corrected chi connectivity index (χ4v) is 7.65. The number of furan rings is 1. The van der Waals surface area contributed by atoms with E-state index >= 15 is 0 Å². The maximum atomic E-state index is 6.72. The van der Waals surface area contributed by atoms with Gasteiger partial charge < -0.3 is 4.42 Å². The van der Waals surface area contributed by atoms with Crippen LogP contribution in [0.25, 0.3) is 98.8 Å². The Balaban J connectivity index is 1.39. The van der Waals surface area contributed by atoms with Gasteiger partial charge in [-0.1, -0.05) is 127 Å². The van der Waals surface area contributed by atoms with Crippen molar-refractivity contribution in [1.82, 2.24) is 0 Å². The first-order valence-corrected chi connectivity index (χ1v) is 14.9. The lowest BCUT2D eigenvalue weighted by molar-refractivity contribution is 0.669. The highest BCUT2D eigenvalue weighted by atomic mass is 16.3. The fraction of sp³-hybridized carbons (Fsp3) is 0. The molecule has 9 aromatic rings. The van der Waals surface area contributed by atoms with E-state index in [1.807, 2.05) is 0 Å². The summed E-state index contributed by atoms with van der Waals surface area (Å²) in [6.07, 6.45) is 0. The minimum Gasteiger partial charge on any atom is -0.456 e. The molecule has 0 amide bonds. The Kier molecular flexibility index (Phi) is 4.51. The predicted octanol–water partition coefficient (Wildman–Crippen LogP) is 12.0. The zero-order valence-electron chi connectivity index (χ0n) is 23.3. The summed E-state index contributed by atoms with van der Waals surface area (Å²) in [7, 11) is 0. The van der Waals surface area contributed by atoms with Gasteiger partial charge in [-0.3, -0.25) is 0 Å². The third-order valence-corrected chi connectivity index (χ3v) is 9.37. The van der Waals surface area contributed by atoms with Crippen LogP contribution in [-0.4, -0.2) is 0 Å². The molecular weight excluding hydrogens is 520 g/mol. The summed E-state index contributed by atoms with van der Waals surface area (Å²) < 4.78 is 6.72. The van der Waals surface area contributed by atoms with Crippen molar-refractivity contribution in [1.29, 1.82) is 0 Å². The summed E-state index contributed by atoms with van der Waals surface area (Å²) in [5.74, 6) is 0. The lowest BCUT2D eigenvalue weighted by atomic mass is 9.84. The monoisotopic (exact) mass is 544 g/mol. The molecule has 1 aromatic heterocycles. The van der Waals surface area contributed by atoms with Crippen LogP contribution in [0.3, 0.4) is 0 Å². The molecule has 1 aliphatic carbocycles. The van der Waals surface area contributed by atoms with E-state index in [-0.39, 0.29) is 0 Å². The maximum absolute atomic E-state index is 6.72. The van der Waals surface area contributed by atoms with E-state index < -0.39 is 0 Å². The van der Waals surface area contributed by atoms with Gasteiger partial charge >= 0.3 is 0 Å². The van der Waals surface area contributed by atoms with E-state index in [2.05, 4.69) is 146 Å². The molecule has 0 bridgehead atoms. The molecule has 8 aromatic carbocycles. The molecular formula is C42H24O. The van der Waals surface area contributed by atoms with Gasteiger partial charge in [0.25, 0.3) is 0 Å². The predicted molar refractivity (Wildman–Crippen MR) is 182 cm³/mol. The highest BCUT2D eigenvalue weighted by Gasteiger charge is 2.25. The second kappa shape index (κ2) is 8.44. The number of hydrogen-bond acceptors (Lipinski definition) is 1. The highest BCUT2D eigenvalue weighted by Crippen LogP contribution is 2.51. The van der Waals surface area contributed by atoms with Crippen LogP contribution in [0.5, 0.6) is 0 Å². The van der Waals surface area contributed by atoms with Gasteiger partial charge in [-0.2, -0.15) is 0 Å². The molecule has 0 unspecified atom stereocenters. The zero-order valence-corrected chi connectivity index (χ0v) is 23.3. The van der Waals surface area contributed by atoms with E-state index in [4.69, 9.17) is 4.42 Å². The van der Waals surface area contributed by atoms with Crippen molar-refractivity contribution in [3.05, 3.63) is 146 Å². The van der Waals surface area contributed by atoms with Crippen LogP contribution in [0.2, 0.25) is 0 Å².